The van der Waals surface area contributed by atoms with Crippen LogP contribution in [0.1, 0.15) is 33.6 Å². The molecule has 1 heterocycles. The highest BCUT2D eigenvalue weighted by Gasteiger charge is 2.37. The Bertz CT molecular complexity index is 1500. The van der Waals surface area contributed by atoms with Gasteiger partial charge in [-0.15, -0.1) is 0 Å². The van der Waals surface area contributed by atoms with Crippen LogP contribution in [0.5, 0.6) is 0 Å². The Labute approximate surface area is 234 Å². The summed E-state index contributed by atoms with van der Waals surface area (Å²) in [5, 5.41) is 24.8. The fourth-order valence-electron chi connectivity index (χ4n) is 5.44. The molecule has 5 aromatic carbocycles. The normalized spacial score (nSPS) is 11.9. The maximum atomic E-state index is 12.4. The minimum absolute atomic E-state index is 0.188. The van der Waals surface area contributed by atoms with E-state index >= 15 is 0 Å². The maximum absolute atomic E-state index is 12.4. The number of hydrogen-bond acceptors (Lipinski definition) is 4. The maximum Gasteiger partial charge on any atom is 0.120 e. The lowest BCUT2D eigenvalue weighted by atomic mass is 9.79. The van der Waals surface area contributed by atoms with Crippen molar-refractivity contribution in [2.45, 2.75) is 24.0 Å². The van der Waals surface area contributed by atoms with Gasteiger partial charge in [-0.2, -0.15) is 0 Å². The van der Waals surface area contributed by atoms with Crippen LogP contribution in [-0.2, 0) is 24.0 Å². The summed E-state index contributed by atoms with van der Waals surface area (Å²) in [6, 6.07) is 46.4. The Hall–Kier alpha value is -4.64. The lowest BCUT2D eigenvalue weighted by Gasteiger charge is -2.32. The van der Waals surface area contributed by atoms with Crippen LogP contribution in [0.15, 0.2) is 146 Å². The van der Waals surface area contributed by atoms with Gasteiger partial charge < -0.3 is 10.2 Å². The first-order valence-corrected chi connectivity index (χ1v) is 13.5. The second kappa shape index (κ2) is 10.9. The summed E-state index contributed by atoms with van der Waals surface area (Å²) in [6.45, 7) is 0. The summed E-state index contributed by atoms with van der Waals surface area (Å²) in [5.41, 5.74) is 3.12. The standard InChI is InChI=1S/C36H30N2O2/c39-35(27-15-5-1-6-16-27,28-17-7-2-8-18-28)25-33-34(38-32-24-14-13-23-31(32)37-33)26-36(40,29-19-9-3-10-20-29)30-21-11-4-12-22-30/h1-24,39-40H,25-26H2. The van der Waals surface area contributed by atoms with Crippen LogP contribution in [0, 0.1) is 0 Å². The molecule has 6 aromatic rings. The van der Waals surface area contributed by atoms with E-state index in [-0.39, 0.29) is 12.8 Å². The summed E-state index contributed by atoms with van der Waals surface area (Å²) in [7, 11) is 0. The molecule has 0 amide bonds. The molecule has 196 valence electrons. The molecule has 2 N–H and O–H groups in total. The van der Waals surface area contributed by atoms with E-state index in [2.05, 4.69) is 0 Å². The van der Waals surface area contributed by atoms with E-state index in [0.717, 1.165) is 33.3 Å². The minimum Gasteiger partial charge on any atom is -0.380 e. The number of hydrogen-bond donors (Lipinski definition) is 2. The molecular weight excluding hydrogens is 492 g/mol. The zero-order chi connectivity index (χ0) is 27.4. The molecule has 0 aliphatic heterocycles. The second-order valence-corrected chi connectivity index (χ2v) is 10.1. The van der Waals surface area contributed by atoms with E-state index in [9.17, 15) is 10.2 Å². The lowest BCUT2D eigenvalue weighted by molar-refractivity contribution is 0.0730. The summed E-state index contributed by atoms with van der Waals surface area (Å²) < 4.78 is 0. The monoisotopic (exact) mass is 522 g/mol. The van der Waals surface area contributed by atoms with Crippen molar-refractivity contribution in [3.63, 3.8) is 0 Å². The summed E-state index contributed by atoms with van der Waals surface area (Å²) in [5.74, 6) is 0. The van der Waals surface area contributed by atoms with E-state index in [1.54, 1.807) is 0 Å². The molecule has 0 unspecified atom stereocenters. The molecular formula is C36H30N2O2. The molecule has 0 aliphatic rings. The molecule has 0 bridgehead atoms. The smallest absolute Gasteiger partial charge is 0.120 e. The summed E-state index contributed by atoms with van der Waals surface area (Å²) in [6.07, 6.45) is 0.377. The average Bonchev–Trinajstić information content (AvgIpc) is 3.03. The Kier molecular flexibility index (Phi) is 6.95. The van der Waals surface area contributed by atoms with Gasteiger partial charge in [0.25, 0.3) is 0 Å². The van der Waals surface area contributed by atoms with E-state index in [0.29, 0.717) is 11.4 Å². The zero-order valence-electron chi connectivity index (χ0n) is 22.1. The Morgan fingerprint density at radius 3 is 0.900 bits per heavy atom. The Balaban J connectivity index is 1.53. The van der Waals surface area contributed by atoms with Crippen LogP contribution in [0.3, 0.4) is 0 Å². The van der Waals surface area contributed by atoms with Gasteiger partial charge in [0.15, 0.2) is 0 Å². The van der Waals surface area contributed by atoms with Crippen molar-refractivity contribution < 1.29 is 10.2 Å². The highest BCUT2D eigenvalue weighted by molar-refractivity contribution is 5.74. The molecule has 0 aliphatic carbocycles. The molecule has 0 radical (unpaired) electrons. The van der Waals surface area contributed by atoms with Crippen molar-refractivity contribution in [1.29, 1.82) is 0 Å². The molecule has 4 nitrogen and oxygen atoms in total. The number of aromatic nitrogens is 2. The third-order valence-corrected chi connectivity index (χ3v) is 7.58. The van der Waals surface area contributed by atoms with Crippen LogP contribution in [0.2, 0.25) is 0 Å². The quantitative estimate of drug-likeness (QED) is 0.237. The van der Waals surface area contributed by atoms with Crippen molar-refractivity contribution >= 4 is 11.0 Å². The van der Waals surface area contributed by atoms with Crippen LogP contribution in [-0.4, -0.2) is 20.2 Å². The van der Waals surface area contributed by atoms with Gasteiger partial charge in [0.05, 0.1) is 22.4 Å². The van der Waals surface area contributed by atoms with Crippen LogP contribution >= 0.6 is 0 Å². The molecule has 0 atom stereocenters. The molecule has 4 heteroatoms. The predicted octanol–water partition coefficient (Wildman–Crippen LogP) is 6.59. The molecule has 40 heavy (non-hydrogen) atoms. The number of fused-ring (bicyclic) bond motifs is 1. The molecule has 0 saturated carbocycles. The minimum atomic E-state index is -1.36. The fraction of sp³-hybridized carbons (Fsp3) is 0.111. The molecule has 1 aromatic heterocycles. The van der Waals surface area contributed by atoms with Gasteiger partial charge in [-0.05, 0) is 34.4 Å². The molecule has 0 spiro atoms. The number of aliphatic hydroxyl groups is 2. The van der Waals surface area contributed by atoms with E-state index in [1.165, 1.54) is 0 Å². The highest BCUT2D eigenvalue weighted by Crippen LogP contribution is 2.37. The topological polar surface area (TPSA) is 66.2 Å². The van der Waals surface area contributed by atoms with Gasteiger partial charge in [0.2, 0.25) is 0 Å². The Morgan fingerprint density at radius 1 is 0.375 bits per heavy atom. The van der Waals surface area contributed by atoms with E-state index in [4.69, 9.17) is 9.97 Å². The number of nitrogens with zero attached hydrogens (tertiary/aromatic N) is 2. The second-order valence-electron chi connectivity index (χ2n) is 10.1. The van der Waals surface area contributed by atoms with Crippen molar-refractivity contribution in [3.05, 3.63) is 179 Å². The number of para-hydroxylation sites is 2. The van der Waals surface area contributed by atoms with Gasteiger partial charge in [-0.25, -0.2) is 9.97 Å². The lowest BCUT2D eigenvalue weighted by Crippen LogP contribution is -2.34. The Morgan fingerprint density at radius 2 is 0.625 bits per heavy atom. The van der Waals surface area contributed by atoms with Gasteiger partial charge >= 0.3 is 0 Å². The molecule has 0 saturated heterocycles. The fourth-order valence-corrected chi connectivity index (χ4v) is 5.44. The third-order valence-electron chi connectivity index (χ3n) is 7.58. The molecule has 0 fully saturated rings. The SMILES string of the molecule is OC(Cc1nc2ccccc2nc1CC(O)(c1ccccc1)c1ccccc1)(c1ccccc1)c1ccccc1. The zero-order valence-corrected chi connectivity index (χ0v) is 22.1. The summed E-state index contributed by atoms with van der Waals surface area (Å²) in [4.78, 5) is 10.1. The summed E-state index contributed by atoms with van der Waals surface area (Å²) >= 11 is 0. The van der Waals surface area contributed by atoms with Gasteiger partial charge in [-0.3, -0.25) is 0 Å². The first kappa shape index (κ1) is 25.6. The average molecular weight is 523 g/mol. The van der Waals surface area contributed by atoms with Gasteiger partial charge in [0, 0.05) is 12.8 Å². The predicted molar refractivity (Wildman–Crippen MR) is 159 cm³/mol. The first-order chi connectivity index (χ1) is 19.6. The van der Waals surface area contributed by atoms with Crippen LogP contribution < -0.4 is 0 Å². The number of rotatable bonds is 8. The number of benzene rings is 5. The van der Waals surface area contributed by atoms with Gasteiger partial charge in [0.1, 0.15) is 11.2 Å². The molecule has 6 rings (SSSR count). The van der Waals surface area contributed by atoms with Crippen molar-refractivity contribution in [1.82, 2.24) is 9.97 Å². The van der Waals surface area contributed by atoms with E-state index in [1.807, 2.05) is 146 Å². The van der Waals surface area contributed by atoms with Crippen LogP contribution in [0.25, 0.3) is 11.0 Å². The van der Waals surface area contributed by atoms with Crippen molar-refractivity contribution in [3.8, 4) is 0 Å². The third kappa shape index (κ3) is 4.91. The van der Waals surface area contributed by atoms with Gasteiger partial charge in [-0.1, -0.05) is 133 Å². The van der Waals surface area contributed by atoms with E-state index < -0.39 is 11.2 Å². The van der Waals surface area contributed by atoms with Crippen LogP contribution in [0.4, 0.5) is 0 Å². The highest BCUT2D eigenvalue weighted by atomic mass is 16.3. The first-order valence-electron chi connectivity index (χ1n) is 13.5. The van der Waals surface area contributed by atoms with Crippen molar-refractivity contribution in [2.24, 2.45) is 0 Å². The van der Waals surface area contributed by atoms with Crippen molar-refractivity contribution in [2.75, 3.05) is 0 Å². The largest absolute Gasteiger partial charge is 0.380 e.